The van der Waals surface area contributed by atoms with E-state index in [4.69, 9.17) is 10.00 Å². The number of ether oxygens (including phenoxy) is 2. The van der Waals surface area contributed by atoms with Crippen LogP contribution >= 0.6 is 0 Å². The van der Waals surface area contributed by atoms with E-state index in [1.54, 1.807) is 6.07 Å². The van der Waals surface area contributed by atoms with Crippen LogP contribution in [0, 0.1) is 11.3 Å². The van der Waals surface area contributed by atoms with E-state index in [0.29, 0.717) is 0 Å². The molecule has 0 saturated heterocycles. The van der Waals surface area contributed by atoms with Crippen LogP contribution in [0.4, 0.5) is 8.78 Å². The fraction of sp³-hybridized carbons (Fsp3) is 0.273. The smallest absolute Gasteiger partial charge is 0.337 e. The minimum absolute atomic E-state index is 0.0781. The Hall–Kier alpha value is -2.16. The first kappa shape index (κ1) is 12.9. The van der Waals surface area contributed by atoms with Gasteiger partial charge in [0, 0.05) is 5.56 Å². The Morgan fingerprint density at radius 1 is 1.41 bits per heavy atom. The van der Waals surface area contributed by atoms with Gasteiger partial charge < -0.3 is 9.47 Å². The Bertz CT molecular complexity index is 480. The second-order valence-electron chi connectivity index (χ2n) is 3.05. The molecule has 4 nitrogen and oxygen atoms in total. The van der Waals surface area contributed by atoms with Crippen molar-refractivity contribution in [3.8, 4) is 11.8 Å². The number of nitriles is 1. The van der Waals surface area contributed by atoms with Gasteiger partial charge >= 0.3 is 5.97 Å². The maximum Gasteiger partial charge on any atom is 0.337 e. The van der Waals surface area contributed by atoms with Crippen LogP contribution in [0.15, 0.2) is 12.1 Å². The van der Waals surface area contributed by atoms with Crippen LogP contribution in [0.25, 0.3) is 0 Å². The molecule has 1 aromatic carbocycles. The van der Waals surface area contributed by atoms with Crippen LogP contribution in [0.3, 0.4) is 0 Å². The maximum atomic E-state index is 12.7. The lowest BCUT2D eigenvalue weighted by molar-refractivity contribution is 0.0600. The van der Waals surface area contributed by atoms with Crippen LogP contribution in [0.1, 0.15) is 27.9 Å². The van der Waals surface area contributed by atoms with Crippen LogP contribution < -0.4 is 4.74 Å². The highest BCUT2D eigenvalue weighted by Crippen LogP contribution is 2.31. The van der Waals surface area contributed by atoms with Crippen molar-refractivity contribution in [1.82, 2.24) is 0 Å². The van der Waals surface area contributed by atoms with Crippen molar-refractivity contribution in [3.05, 3.63) is 28.8 Å². The van der Waals surface area contributed by atoms with E-state index < -0.39 is 18.0 Å². The lowest BCUT2D eigenvalue weighted by Gasteiger charge is -2.10. The number of hydrogen-bond acceptors (Lipinski definition) is 4. The summed E-state index contributed by atoms with van der Waals surface area (Å²) in [5.41, 5.74) is -0.916. The van der Waals surface area contributed by atoms with Gasteiger partial charge in [-0.3, -0.25) is 0 Å². The van der Waals surface area contributed by atoms with Crippen molar-refractivity contribution < 1.29 is 23.0 Å². The predicted molar refractivity (Wildman–Crippen MR) is 54.0 cm³/mol. The molecule has 0 aliphatic heterocycles. The highest BCUT2D eigenvalue weighted by atomic mass is 19.3. The van der Waals surface area contributed by atoms with Crippen LogP contribution in [0.5, 0.6) is 5.75 Å². The second-order valence-corrected chi connectivity index (χ2v) is 3.05. The molecule has 0 heterocycles. The molecule has 1 aromatic rings. The largest absolute Gasteiger partial charge is 0.495 e. The van der Waals surface area contributed by atoms with Crippen molar-refractivity contribution >= 4 is 5.97 Å². The average molecular weight is 241 g/mol. The number of halogens is 2. The topological polar surface area (TPSA) is 59.3 Å². The monoisotopic (exact) mass is 241 g/mol. The van der Waals surface area contributed by atoms with Gasteiger partial charge in [-0.1, -0.05) is 0 Å². The summed E-state index contributed by atoms with van der Waals surface area (Å²) in [6.45, 7) is 0. The molecule has 0 N–H and O–H groups in total. The molecule has 90 valence electrons. The molecule has 0 atom stereocenters. The maximum absolute atomic E-state index is 12.7. The first-order valence-corrected chi connectivity index (χ1v) is 4.53. The van der Waals surface area contributed by atoms with Crippen LogP contribution in [0.2, 0.25) is 0 Å². The summed E-state index contributed by atoms with van der Waals surface area (Å²) in [7, 11) is 2.36. The van der Waals surface area contributed by atoms with Crippen molar-refractivity contribution in [2.24, 2.45) is 0 Å². The highest BCUT2D eigenvalue weighted by molar-refractivity contribution is 5.90. The lowest BCUT2D eigenvalue weighted by Crippen LogP contribution is -2.05. The summed E-state index contributed by atoms with van der Waals surface area (Å²) in [5, 5.41) is 8.79. The van der Waals surface area contributed by atoms with Gasteiger partial charge in [0.2, 0.25) is 0 Å². The van der Waals surface area contributed by atoms with Crippen LogP contribution in [-0.2, 0) is 4.74 Å². The van der Waals surface area contributed by atoms with E-state index in [0.717, 1.165) is 13.2 Å². The predicted octanol–water partition coefficient (Wildman–Crippen LogP) is 2.29. The Morgan fingerprint density at radius 3 is 2.47 bits per heavy atom. The number of alkyl halides is 2. The molecule has 0 unspecified atom stereocenters. The number of rotatable bonds is 3. The van der Waals surface area contributed by atoms with Gasteiger partial charge in [0.25, 0.3) is 6.43 Å². The van der Waals surface area contributed by atoms with Crippen LogP contribution in [-0.4, -0.2) is 20.2 Å². The molecule has 1 rings (SSSR count). The Morgan fingerprint density at radius 2 is 2.06 bits per heavy atom. The normalized spacial score (nSPS) is 9.88. The molecule has 0 aliphatic carbocycles. The van der Waals surface area contributed by atoms with E-state index in [-0.39, 0.29) is 16.9 Å². The molecular formula is C11H9F2NO3. The standard InChI is InChI=1S/C11H9F2NO3/c1-16-9-4-6(11(15)17-2)3-7(10(12)13)8(9)5-14/h3-4,10H,1-2H3. The summed E-state index contributed by atoms with van der Waals surface area (Å²) in [6.07, 6.45) is -2.87. The molecule has 17 heavy (non-hydrogen) atoms. The van der Waals surface area contributed by atoms with Crippen molar-refractivity contribution in [2.75, 3.05) is 14.2 Å². The molecule has 0 aliphatic rings. The first-order chi connectivity index (χ1) is 8.04. The van der Waals surface area contributed by atoms with Gasteiger partial charge in [0.15, 0.2) is 0 Å². The number of nitrogens with zero attached hydrogens (tertiary/aromatic N) is 1. The van der Waals surface area contributed by atoms with Gasteiger partial charge in [-0.05, 0) is 12.1 Å². The minimum atomic E-state index is -2.87. The molecule has 0 spiro atoms. The SMILES string of the molecule is COC(=O)c1cc(OC)c(C#N)c(C(F)F)c1. The van der Waals surface area contributed by atoms with Crippen molar-refractivity contribution in [3.63, 3.8) is 0 Å². The number of carbonyl (C=O) groups excluding carboxylic acids is 1. The number of methoxy groups -OCH3 is 2. The number of hydrogen-bond donors (Lipinski definition) is 0. The Kier molecular flexibility index (Phi) is 3.99. The van der Waals surface area contributed by atoms with E-state index in [1.165, 1.54) is 13.2 Å². The van der Waals surface area contributed by atoms with Crippen molar-refractivity contribution in [2.45, 2.75) is 6.43 Å². The summed E-state index contributed by atoms with van der Waals surface area (Å²) in [4.78, 5) is 11.3. The van der Waals surface area contributed by atoms with Crippen molar-refractivity contribution in [1.29, 1.82) is 5.26 Å². The third-order valence-electron chi connectivity index (χ3n) is 2.12. The zero-order chi connectivity index (χ0) is 13.0. The van der Waals surface area contributed by atoms with E-state index in [9.17, 15) is 13.6 Å². The van der Waals surface area contributed by atoms with E-state index in [2.05, 4.69) is 4.74 Å². The van der Waals surface area contributed by atoms with Gasteiger partial charge in [-0.15, -0.1) is 0 Å². The first-order valence-electron chi connectivity index (χ1n) is 4.53. The molecule has 0 fully saturated rings. The molecular weight excluding hydrogens is 232 g/mol. The average Bonchev–Trinajstić information content (AvgIpc) is 2.35. The Balaban J connectivity index is 3.47. The molecule has 0 amide bonds. The molecule has 6 heteroatoms. The third-order valence-corrected chi connectivity index (χ3v) is 2.12. The number of benzene rings is 1. The van der Waals surface area contributed by atoms with Gasteiger partial charge in [-0.2, -0.15) is 5.26 Å². The number of carbonyl (C=O) groups is 1. The summed E-state index contributed by atoms with van der Waals surface area (Å²) < 4.78 is 34.7. The zero-order valence-electron chi connectivity index (χ0n) is 9.16. The summed E-state index contributed by atoms with van der Waals surface area (Å²) in [5.74, 6) is -0.847. The second kappa shape index (κ2) is 5.25. The molecule has 0 bridgehead atoms. The van der Waals surface area contributed by atoms with Gasteiger partial charge in [0.05, 0.1) is 19.8 Å². The quantitative estimate of drug-likeness (QED) is 0.762. The minimum Gasteiger partial charge on any atom is -0.495 e. The third kappa shape index (κ3) is 2.50. The van der Waals surface area contributed by atoms with E-state index in [1.807, 2.05) is 0 Å². The van der Waals surface area contributed by atoms with Gasteiger partial charge in [-0.25, -0.2) is 13.6 Å². The summed E-state index contributed by atoms with van der Waals surface area (Å²) >= 11 is 0. The lowest BCUT2D eigenvalue weighted by atomic mass is 10.0. The number of esters is 1. The van der Waals surface area contributed by atoms with Gasteiger partial charge in [0.1, 0.15) is 17.4 Å². The zero-order valence-corrected chi connectivity index (χ0v) is 9.16. The highest BCUT2D eigenvalue weighted by Gasteiger charge is 2.21. The fourth-order valence-corrected chi connectivity index (χ4v) is 1.33. The molecule has 0 saturated carbocycles. The molecule has 0 radical (unpaired) electrons. The Labute approximate surface area is 96.4 Å². The van der Waals surface area contributed by atoms with E-state index >= 15 is 0 Å². The fourth-order valence-electron chi connectivity index (χ4n) is 1.33. The molecule has 0 aromatic heterocycles. The summed E-state index contributed by atoms with van der Waals surface area (Å²) in [6, 6.07) is 3.74.